The Hall–Kier alpha value is -1.47. The van der Waals surface area contributed by atoms with Crippen LogP contribution in [-0.2, 0) is 11.3 Å². The molecule has 20 heavy (non-hydrogen) atoms. The molecule has 0 saturated carbocycles. The van der Waals surface area contributed by atoms with Crippen LogP contribution in [0.3, 0.4) is 0 Å². The maximum Gasteiger partial charge on any atom is 0.315 e. The highest BCUT2D eigenvalue weighted by atomic mass is 79.9. The van der Waals surface area contributed by atoms with Gasteiger partial charge < -0.3 is 24.8 Å². The van der Waals surface area contributed by atoms with Crippen molar-refractivity contribution in [3.63, 3.8) is 0 Å². The standard InChI is InChI=1S/C13H19BrN2O4/c1-18-5-4-15-13(17)16-8-9-6-11(19-2)12(20-3)7-10(9)14/h6-7H,4-5,8H2,1-3H3,(H2,15,16,17). The van der Waals surface area contributed by atoms with E-state index in [2.05, 4.69) is 26.6 Å². The van der Waals surface area contributed by atoms with Gasteiger partial charge in [-0.3, -0.25) is 0 Å². The number of hydrogen-bond donors (Lipinski definition) is 2. The first-order chi connectivity index (χ1) is 9.62. The molecule has 6 nitrogen and oxygen atoms in total. The zero-order chi connectivity index (χ0) is 15.0. The lowest BCUT2D eigenvalue weighted by Gasteiger charge is -2.13. The smallest absolute Gasteiger partial charge is 0.315 e. The first-order valence-electron chi connectivity index (χ1n) is 6.03. The Bertz CT molecular complexity index is 454. The van der Waals surface area contributed by atoms with Gasteiger partial charge in [0.05, 0.1) is 20.8 Å². The lowest BCUT2D eigenvalue weighted by Crippen LogP contribution is -2.36. The van der Waals surface area contributed by atoms with E-state index < -0.39 is 0 Å². The summed E-state index contributed by atoms with van der Waals surface area (Å²) in [5.74, 6) is 1.25. The van der Waals surface area contributed by atoms with Crippen molar-refractivity contribution in [2.24, 2.45) is 0 Å². The number of hydrogen-bond acceptors (Lipinski definition) is 4. The van der Waals surface area contributed by atoms with Gasteiger partial charge in [-0.15, -0.1) is 0 Å². The molecule has 2 amide bonds. The number of methoxy groups -OCH3 is 3. The largest absolute Gasteiger partial charge is 0.493 e. The number of nitrogens with one attached hydrogen (secondary N) is 2. The molecule has 0 spiro atoms. The molecule has 0 fully saturated rings. The van der Waals surface area contributed by atoms with Crippen molar-refractivity contribution in [3.05, 3.63) is 22.2 Å². The fourth-order valence-corrected chi connectivity index (χ4v) is 2.00. The first kappa shape index (κ1) is 16.6. The molecule has 1 rings (SSSR count). The molecule has 7 heteroatoms. The van der Waals surface area contributed by atoms with E-state index in [1.165, 1.54) is 0 Å². The van der Waals surface area contributed by atoms with Gasteiger partial charge in [0, 0.05) is 24.7 Å². The van der Waals surface area contributed by atoms with E-state index in [1.54, 1.807) is 27.4 Å². The van der Waals surface area contributed by atoms with Gasteiger partial charge >= 0.3 is 6.03 Å². The van der Waals surface area contributed by atoms with Gasteiger partial charge in [-0.25, -0.2) is 4.79 Å². The van der Waals surface area contributed by atoms with E-state index in [0.717, 1.165) is 10.0 Å². The average molecular weight is 347 g/mol. The van der Waals surface area contributed by atoms with Gasteiger partial charge in [0.25, 0.3) is 0 Å². The normalized spacial score (nSPS) is 10.0. The number of carbonyl (C=O) groups excluding carboxylic acids is 1. The summed E-state index contributed by atoms with van der Waals surface area (Å²) in [7, 11) is 4.73. The van der Waals surface area contributed by atoms with Crippen LogP contribution in [0.1, 0.15) is 5.56 Å². The SMILES string of the molecule is COCCNC(=O)NCc1cc(OC)c(OC)cc1Br. The molecule has 0 unspecified atom stereocenters. The van der Waals surface area contributed by atoms with Crippen molar-refractivity contribution in [3.8, 4) is 11.5 Å². The average Bonchev–Trinajstić information content (AvgIpc) is 2.45. The minimum absolute atomic E-state index is 0.247. The Morgan fingerprint density at radius 3 is 2.40 bits per heavy atom. The fourth-order valence-electron chi connectivity index (χ4n) is 1.54. The van der Waals surface area contributed by atoms with Crippen molar-refractivity contribution in [2.75, 3.05) is 34.5 Å². The predicted molar refractivity (Wildman–Crippen MR) is 79.4 cm³/mol. The molecule has 0 atom stereocenters. The van der Waals surface area contributed by atoms with Crippen LogP contribution in [0.5, 0.6) is 11.5 Å². The van der Waals surface area contributed by atoms with Crippen molar-refractivity contribution < 1.29 is 19.0 Å². The summed E-state index contributed by atoms with van der Waals surface area (Å²) in [5.41, 5.74) is 0.893. The molecule has 0 radical (unpaired) electrons. The monoisotopic (exact) mass is 346 g/mol. The van der Waals surface area contributed by atoms with Gasteiger partial charge in [-0.2, -0.15) is 0 Å². The van der Waals surface area contributed by atoms with E-state index in [0.29, 0.717) is 31.2 Å². The van der Waals surface area contributed by atoms with Gasteiger partial charge in [0.1, 0.15) is 0 Å². The Labute approximate surface area is 126 Å². The van der Waals surface area contributed by atoms with Crippen LogP contribution in [0.4, 0.5) is 4.79 Å². The molecule has 0 aromatic heterocycles. The van der Waals surface area contributed by atoms with Crippen molar-refractivity contribution in [1.29, 1.82) is 0 Å². The predicted octanol–water partition coefficient (Wildman–Crippen LogP) is 1.91. The topological polar surface area (TPSA) is 68.8 Å². The maximum absolute atomic E-state index is 11.5. The van der Waals surface area contributed by atoms with Gasteiger partial charge in [0.2, 0.25) is 0 Å². The highest BCUT2D eigenvalue weighted by Crippen LogP contribution is 2.33. The van der Waals surface area contributed by atoms with Crippen molar-refractivity contribution in [1.82, 2.24) is 10.6 Å². The quantitative estimate of drug-likeness (QED) is 0.740. The van der Waals surface area contributed by atoms with Crippen LogP contribution in [-0.4, -0.2) is 40.5 Å². The first-order valence-corrected chi connectivity index (χ1v) is 6.82. The van der Waals surface area contributed by atoms with Crippen molar-refractivity contribution in [2.45, 2.75) is 6.54 Å². The highest BCUT2D eigenvalue weighted by Gasteiger charge is 2.10. The summed E-state index contributed by atoms with van der Waals surface area (Å²) in [6.45, 7) is 1.32. The molecule has 0 aliphatic heterocycles. The molecular formula is C13H19BrN2O4. The third-order valence-electron chi connectivity index (χ3n) is 2.58. The molecule has 2 N–H and O–H groups in total. The van der Waals surface area contributed by atoms with Crippen LogP contribution >= 0.6 is 15.9 Å². The molecule has 1 aromatic carbocycles. The summed E-state index contributed by atoms with van der Waals surface area (Å²) in [4.78, 5) is 11.5. The zero-order valence-corrected chi connectivity index (χ0v) is 13.4. The Balaban J connectivity index is 2.61. The van der Waals surface area contributed by atoms with E-state index in [1.807, 2.05) is 6.07 Å². The molecule has 0 bridgehead atoms. The number of rotatable bonds is 7. The Kier molecular flexibility index (Phi) is 7.17. The Morgan fingerprint density at radius 1 is 1.15 bits per heavy atom. The summed E-state index contributed by atoms with van der Waals surface area (Å²) in [6.07, 6.45) is 0. The molecule has 0 aliphatic rings. The van der Waals surface area contributed by atoms with Gasteiger partial charge in [-0.1, -0.05) is 15.9 Å². The number of amides is 2. The summed E-state index contributed by atoms with van der Waals surface area (Å²) in [5, 5.41) is 5.43. The maximum atomic E-state index is 11.5. The highest BCUT2D eigenvalue weighted by molar-refractivity contribution is 9.10. The lowest BCUT2D eigenvalue weighted by atomic mass is 10.2. The van der Waals surface area contributed by atoms with Crippen LogP contribution in [0, 0.1) is 0 Å². The van der Waals surface area contributed by atoms with E-state index >= 15 is 0 Å². The summed E-state index contributed by atoms with van der Waals surface area (Å²) < 4.78 is 16.1. The number of ether oxygens (including phenoxy) is 3. The Morgan fingerprint density at radius 2 is 1.80 bits per heavy atom. The molecule has 0 aliphatic carbocycles. The van der Waals surface area contributed by atoms with E-state index in [9.17, 15) is 4.79 Å². The second-order valence-corrected chi connectivity index (χ2v) is 4.76. The third kappa shape index (κ3) is 4.90. The number of urea groups is 1. The molecule has 1 aromatic rings. The van der Waals surface area contributed by atoms with E-state index in [-0.39, 0.29) is 6.03 Å². The van der Waals surface area contributed by atoms with Crippen LogP contribution in [0.2, 0.25) is 0 Å². The molecule has 112 valence electrons. The lowest BCUT2D eigenvalue weighted by molar-refractivity contribution is 0.196. The number of halogens is 1. The second kappa shape index (κ2) is 8.65. The number of benzene rings is 1. The minimum atomic E-state index is -0.247. The number of carbonyl (C=O) groups is 1. The molecule has 0 heterocycles. The third-order valence-corrected chi connectivity index (χ3v) is 3.32. The van der Waals surface area contributed by atoms with Crippen LogP contribution < -0.4 is 20.1 Å². The van der Waals surface area contributed by atoms with Crippen LogP contribution in [0.15, 0.2) is 16.6 Å². The summed E-state index contributed by atoms with van der Waals surface area (Å²) in [6, 6.07) is 3.38. The zero-order valence-electron chi connectivity index (χ0n) is 11.8. The van der Waals surface area contributed by atoms with Gasteiger partial charge in [0.15, 0.2) is 11.5 Å². The minimum Gasteiger partial charge on any atom is -0.493 e. The second-order valence-electron chi connectivity index (χ2n) is 3.90. The van der Waals surface area contributed by atoms with Crippen LogP contribution in [0.25, 0.3) is 0 Å². The fraction of sp³-hybridized carbons (Fsp3) is 0.462. The van der Waals surface area contributed by atoms with Gasteiger partial charge in [-0.05, 0) is 17.7 Å². The van der Waals surface area contributed by atoms with E-state index in [4.69, 9.17) is 14.2 Å². The van der Waals surface area contributed by atoms with Crippen molar-refractivity contribution >= 4 is 22.0 Å². The molecular weight excluding hydrogens is 328 g/mol. The molecule has 0 saturated heterocycles. The summed E-state index contributed by atoms with van der Waals surface area (Å²) >= 11 is 3.44.